The van der Waals surface area contributed by atoms with E-state index in [0.29, 0.717) is 34.3 Å². The first-order valence-electron chi connectivity index (χ1n) is 9.95. The fourth-order valence-electron chi connectivity index (χ4n) is 3.40. The number of hydrogen-bond donors (Lipinski definition) is 4. The van der Waals surface area contributed by atoms with Crippen molar-refractivity contribution in [1.29, 1.82) is 0 Å². The molecule has 0 spiro atoms. The number of carbonyl (C=O) groups excluding carboxylic acids is 1. The Hall–Kier alpha value is -4.44. The SMILES string of the molecule is Nc1c(C(=O)NCc2cccs2)c2nc3ccccc3nc2n1/N=C\c1ccc(O)c(O)c1. The molecule has 164 valence electrons. The van der Waals surface area contributed by atoms with E-state index in [1.165, 1.54) is 23.0 Å². The Kier molecular flexibility index (Phi) is 5.11. The number of nitrogen functional groups attached to an aromatic ring is 1. The summed E-state index contributed by atoms with van der Waals surface area (Å²) in [6.07, 6.45) is 1.44. The maximum Gasteiger partial charge on any atom is 0.257 e. The highest BCUT2D eigenvalue weighted by molar-refractivity contribution is 7.09. The minimum atomic E-state index is -0.383. The topological polar surface area (TPSA) is 139 Å². The van der Waals surface area contributed by atoms with Crippen LogP contribution in [0.5, 0.6) is 11.5 Å². The minimum Gasteiger partial charge on any atom is -0.504 e. The van der Waals surface area contributed by atoms with Gasteiger partial charge in [0.25, 0.3) is 5.91 Å². The van der Waals surface area contributed by atoms with Gasteiger partial charge in [-0.25, -0.2) is 9.97 Å². The van der Waals surface area contributed by atoms with E-state index in [9.17, 15) is 15.0 Å². The van der Waals surface area contributed by atoms with Crippen molar-refractivity contribution in [2.75, 3.05) is 5.73 Å². The van der Waals surface area contributed by atoms with Crippen molar-refractivity contribution in [2.45, 2.75) is 6.54 Å². The summed E-state index contributed by atoms with van der Waals surface area (Å²) in [6, 6.07) is 15.4. The fourth-order valence-corrected chi connectivity index (χ4v) is 4.05. The van der Waals surface area contributed by atoms with Crippen LogP contribution in [-0.4, -0.2) is 37.0 Å². The molecule has 5 rings (SSSR count). The normalized spacial score (nSPS) is 11.5. The second-order valence-electron chi connectivity index (χ2n) is 7.21. The van der Waals surface area contributed by atoms with E-state index in [-0.39, 0.29) is 28.8 Å². The first kappa shape index (κ1) is 20.5. The molecule has 3 heterocycles. The van der Waals surface area contributed by atoms with Gasteiger partial charge in [-0.05, 0) is 47.3 Å². The number of carbonyl (C=O) groups is 1. The fraction of sp³-hybridized carbons (Fsp3) is 0.0435. The second kappa shape index (κ2) is 8.24. The third-order valence-corrected chi connectivity index (χ3v) is 5.90. The van der Waals surface area contributed by atoms with Gasteiger partial charge in [0.15, 0.2) is 17.1 Å². The predicted octanol–water partition coefficient (Wildman–Crippen LogP) is 3.45. The summed E-state index contributed by atoms with van der Waals surface area (Å²) in [6.45, 7) is 0.361. The molecule has 5 N–H and O–H groups in total. The number of nitrogens with zero attached hydrogens (tertiary/aromatic N) is 4. The van der Waals surface area contributed by atoms with Crippen molar-refractivity contribution >= 4 is 51.5 Å². The van der Waals surface area contributed by atoms with Crippen LogP contribution in [-0.2, 0) is 6.54 Å². The summed E-state index contributed by atoms with van der Waals surface area (Å²) in [5, 5.41) is 28.5. The van der Waals surface area contributed by atoms with Crippen molar-refractivity contribution in [1.82, 2.24) is 20.0 Å². The van der Waals surface area contributed by atoms with Gasteiger partial charge in [-0.2, -0.15) is 9.78 Å². The molecule has 0 aliphatic rings. The molecule has 2 aromatic carbocycles. The highest BCUT2D eigenvalue weighted by Crippen LogP contribution is 2.28. The lowest BCUT2D eigenvalue weighted by molar-refractivity contribution is 0.0953. The Morgan fingerprint density at radius 1 is 1.09 bits per heavy atom. The molecule has 1 amide bonds. The van der Waals surface area contributed by atoms with Crippen LogP contribution >= 0.6 is 11.3 Å². The van der Waals surface area contributed by atoms with E-state index in [1.54, 1.807) is 17.4 Å². The van der Waals surface area contributed by atoms with Gasteiger partial charge in [-0.3, -0.25) is 4.79 Å². The molecule has 5 aromatic rings. The number of nitrogens with two attached hydrogens (primary N) is 1. The third-order valence-electron chi connectivity index (χ3n) is 5.03. The predicted molar refractivity (Wildman–Crippen MR) is 128 cm³/mol. The van der Waals surface area contributed by atoms with Gasteiger partial charge in [0, 0.05) is 4.88 Å². The third kappa shape index (κ3) is 3.83. The largest absolute Gasteiger partial charge is 0.504 e. The van der Waals surface area contributed by atoms with E-state index >= 15 is 0 Å². The number of nitrogens with one attached hydrogen (secondary N) is 1. The van der Waals surface area contributed by atoms with Gasteiger partial charge < -0.3 is 21.3 Å². The van der Waals surface area contributed by atoms with E-state index < -0.39 is 0 Å². The van der Waals surface area contributed by atoms with Gasteiger partial charge in [0.2, 0.25) is 0 Å². The van der Waals surface area contributed by atoms with Crippen molar-refractivity contribution in [3.8, 4) is 11.5 Å². The van der Waals surface area contributed by atoms with Crippen molar-refractivity contribution in [3.63, 3.8) is 0 Å². The number of anilines is 1. The number of thiophene rings is 1. The number of phenolic OH excluding ortho intramolecular Hbond substituents is 2. The molecular formula is C23H18N6O3S. The quantitative estimate of drug-likeness (QED) is 0.235. The number of phenols is 2. The average Bonchev–Trinajstić information content (AvgIpc) is 3.42. The summed E-state index contributed by atoms with van der Waals surface area (Å²) < 4.78 is 1.35. The van der Waals surface area contributed by atoms with Gasteiger partial charge >= 0.3 is 0 Å². The molecule has 3 aromatic heterocycles. The first-order chi connectivity index (χ1) is 16.0. The van der Waals surface area contributed by atoms with E-state index in [4.69, 9.17) is 5.73 Å². The molecule has 0 saturated heterocycles. The monoisotopic (exact) mass is 458 g/mol. The number of aromatic nitrogens is 3. The molecule has 33 heavy (non-hydrogen) atoms. The molecule has 0 atom stereocenters. The Labute approximate surface area is 191 Å². The van der Waals surface area contributed by atoms with Crippen LogP contribution < -0.4 is 11.1 Å². The standard InChI is InChI=1S/C23H18N6O3S/c24-21-19(23(32)25-12-14-4-3-9-33-14)20-22(28-16-6-2-1-5-15(16)27-20)29(21)26-11-13-7-8-17(30)18(31)10-13/h1-11,30-31H,12,24H2,(H,25,32)/b26-11-. The van der Waals surface area contributed by atoms with Gasteiger partial charge in [0.1, 0.15) is 16.9 Å². The molecule has 0 aliphatic carbocycles. The number of fused-ring (bicyclic) bond motifs is 2. The summed E-state index contributed by atoms with van der Waals surface area (Å²) in [5.74, 6) is -0.807. The van der Waals surface area contributed by atoms with Crippen molar-refractivity contribution < 1.29 is 15.0 Å². The molecule has 0 radical (unpaired) electrons. The van der Waals surface area contributed by atoms with Crippen LogP contribution in [0.15, 0.2) is 65.1 Å². The molecule has 0 bridgehead atoms. The van der Waals surface area contributed by atoms with Gasteiger partial charge in [0.05, 0.1) is 23.8 Å². The van der Waals surface area contributed by atoms with Crippen LogP contribution in [0.2, 0.25) is 0 Å². The van der Waals surface area contributed by atoms with E-state index in [1.807, 2.05) is 41.8 Å². The summed E-state index contributed by atoms with van der Waals surface area (Å²) in [4.78, 5) is 23.4. The zero-order valence-corrected chi connectivity index (χ0v) is 18.0. The Balaban J connectivity index is 1.62. The Morgan fingerprint density at radius 2 is 1.88 bits per heavy atom. The number of benzene rings is 2. The maximum absolute atomic E-state index is 13.1. The van der Waals surface area contributed by atoms with Crippen LogP contribution in [0.4, 0.5) is 5.82 Å². The molecule has 0 aliphatic heterocycles. The van der Waals surface area contributed by atoms with Crippen LogP contribution in [0.3, 0.4) is 0 Å². The summed E-state index contributed by atoms with van der Waals surface area (Å²) in [5.41, 5.74) is 8.99. The lowest BCUT2D eigenvalue weighted by Crippen LogP contribution is -2.23. The zero-order chi connectivity index (χ0) is 22.9. The van der Waals surface area contributed by atoms with Gasteiger partial charge in [-0.1, -0.05) is 18.2 Å². The summed E-state index contributed by atoms with van der Waals surface area (Å²) in [7, 11) is 0. The average molecular weight is 459 g/mol. The second-order valence-corrected chi connectivity index (χ2v) is 8.24. The van der Waals surface area contributed by atoms with Crippen LogP contribution in [0, 0.1) is 0 Å². The first-order valence-corrected chi connectivity index (χ1v) is 10.8. The Morgan fingerprint density at radius 3 is 2.61 bits per heavy atom. The zero-order valence-electron chi connectivity index (χ0n) is 17.1. The molecule has 0 saturated carbocycles. The van der Waals surface area contributed by atoms with E-state index in [0.717, 1.165) is 4.88 Å². The number of aromatic hydroxyl groups is 2. The molecule has 10 heteroatoms. The molecule has 9 nitrogen and oxygen atoms in total. The summed E-state index contributed by atoms with van der Waals surface area (Å²) >= 11 is 1.54. The Bertz CT molecular complexity index is 1520. The molecule has 0 unspecified atom stereocenters. The smallest absolute Gasteiger partial charge is 0.257 e. The lowest BCUT2D eigenvalue weighted by atomic mass is 10.2. The number of para-hydroxylation sites is 2. The van der Waals surface area contributed by atoms with Gasteiger partial charge in [-0.15, -0.1) is 11.3 Å². The molecule has 0 fully saturated rings. The van der Waals surface area contributed by atoms with Crippen molar-refractivity contribution in [2.24, 2.45) is 5.10 Å². The number of hydrogen-bond acceptors (Lipinski definition) is 8. The van der Waals surface area contributed by atoms with Crippen LogP contribution in [0.25, 0.3) is 22.2 Å². The van der Waals surface area contributed by atoms with E-state index in [2.05, 4.69) is 20.4 Å². The maximum atomic E-state index is 13.1. The highest BCUT2D eigenvalue weighted by atomic mass is 32.1. The minimum absolute atomic E-state index is 0.0863. The number of rotatable bonds is 5. The highest BCUT2D eigenvalue weighted by Gasteiger charge is 2.24. The number of amides is 1. The lowest BCUT2D eigenvalue weighted by Gasteiger charge is -2.04. The van der Waals surface area contributed by atoms with Crippen molar-refractivity contribution in [3.05, 3.63) is 76.0 Å². The van der Waals surface area contributed by atoms with Crippen LogP contribution in [0.1, 0.15) is 20.8 Å². The molecular weight excluding hydrogens is 440 g/mol.